The first-order chi connectivity index (χ1) is 10.1. The molecule has 0 radical (unpaired) electrons. The molecule has 1 saturated carbocycles. The van der Waals surface area contributed by atoms with Gasteiger partial charge in [-0.15, -0.1) is 0 Å². The summed E-state index contributed by atoms with van der Waals surface area (Å²) in [6, 6.07) is 0. The quantitative estimate of drug-likeness (QED) is 0.882. The number of hydrogen-bond acceptors (Lipinski definition) is 3. The molecule has 2 fully saturated rings. The van der Waals surface area contributed by atoms with Gasteiger partial charge in [0.15, 0.2) is 0 Å². The number of aryl methyl sites for hydroxylation is 2. The fourth-order valence-electron chi connectivity index (χ4n) is 3.61. The molecule has 4 nitrogen and oxygen atoms in total. The third-order valence-electron chi connectivity index (χ3n) is 5.05. The summed E-state index contributed by atoms with van der Waals surface area (Å²) in [6.07, 6.45) is 3.78. The summed E-state index contributed by atoms with van der Waals surface area (Å²) < 4.78 is 3.39. The Morgan fingerprint density at radius 1 is 1.38 bits per heavy atom. The number of piperazine rings is 1. The molecular weight excluding hydrogens is 328 g/mol. The minimum absolute atomic E-state index is 0.315. The highest BCUT2D eigenvalue weighted by Crippen LogP contribution is 2.41. The Hall–Kier alpha value is -0.390. The smallest absolute Gasteiger partial charge is 0.0767 e. The standard InChI is InChI=1S/C16H27BrN4/c1-4-13-15(17)14(21(5-2)19-13)10-20-9-8-18-16(3,11-20)12-6-7-12/h12,18H,4-11H2,1-3H3. The van der Waals surface area contributed by atoms with Crippen LogP contribution in [-0.2, 0) is 19.5 Å². The van der Waals surface area contributed by atoms with Crippen LogP contribution in [0.15, 0.2) is 4.47 Å². The Labute approximate surface area is 136 Å². The van der Waals surface area contributed by atoms with Crippen molar-refractivity contribution in [2.45, 2.75) is 58.7 Å². The summed E-state index contributed by atoms with van der Waals surface area (Å²) in [6.45, 7) is 12.1. The van der Waals surface area contributed by atoms with Gasteiger partial charge >= 0.3 is 0 Å². The highest BCUT2D eigenvalue weighted by atomic mass is 79.9. The predicted molar refractivity (Wildman–Crippen MR) is 89.4 cm³/mol. The van der Waals surface area contributed by atoms with Gasteiger partial charge in [0.05, 0.1) is 15.9 Å². The average molecular weight is 355 g/mol. The van der Waals surface area contributed by atoms with Crippen molar-refractivity contribution in [3.8, 4) is 0 Å². The molecule has 118 valence electrons. The van der Waals surface area contributed by atoms with Crippen molar-refractivity contribution in [3.05, 3.63) is 15.9 Å². The van der Waals surface area contributed by atoms with Gasteiger partial charge in [-0.1, -0.05) is 6.92 Å². The molecule has 1 saturated heterocycles. The molecule has 1 aliphatic carbocycles. The molecule has 2 heterocycles. The van der Waals surface area contributed by atoms with Crippen LogP contribution in [0.1, 0.15) is 45.0 Å². The van der Waals surface area contributed by atoms with Crippen LogP contribution in [0, 0.1) is 5.92 Å². The SMILES string of the molecule is CCc1nn(CC)c(CN2CCNC(C)(C3CC3)C2)c1Br. The second-order valence-corrected chi connectivity index (χ2v) is 7.50. The fourth-order valence-corrected chi connectivity index (χ4v) is 4.30. The second-order valence-electron chi connectivity index (χ2n) is 6.71. The first kappa shape index (κ1) is 15.5. The maximum Gasteiger partial charge on any atom is 0.0767 e. The predicted octanol–water partition coefficient (Wildman–Crippen LogP) is 2.80. The minimum atomic E-state index is 0.315. The number of rotatable bonds is 5. The van der Waals surface area contributed by atoms with Crippen molar-refractivity contribution >= 4 is 15.9 Å². The molecule has 1 aliphatic heterocycles. The summed E-state index contributed by atoms with van der Waals surface area (Å²) >= 11 is 3.77. The van der Waals surface area contributed by atoms with Crippen LogP contribution in [-0.4, -0.2) is 39.9 Å². The molecule has 0 spiro atoms. The van der Waals surface area contributed by atoms with E-state index in [1.54, 1.807) is 0 Å². The van der Waals surface area contributed by atoms with E-state index in [0.717, 1.165) is 45.1 Å². The molecule has 1 atom stereocenters. The van der Waals surface area contributed by atoms with Crippen LogP contribution in [0.25, 0.3) is 0 Å². The molecular formula is C16H27BrN4. The average Bonchev–Trinajstić information content (AvgIpc) is 3.28. The Balaban J connectivity index is 1.75. The van der Waals surface area contributed by atoms with Gasteiger partial charge in [0, 0.05) is 38.3 Å². The number of nitrogens with zero attached hydrogens (tertiary/aromatic N) is 3. The van der Waals surface area contributed by atoms with E-state index in [4.69, 9.17) is 5.10 Å². The lowest BCUT2D eigenvalue weighted by Crippen LogP contribution is -2.59. The topological polar surface area (TPSA) is 33.1 Å². The lowest BCUT2D eigenvalue weighted by molar-refractivity contribution is 0.118. The van der Waals surface area contributed by atoms with Crippen LogP contribution in [0.3, 0.4) is 0 Å². The molecule has 0 amide bonds. The van der Waals surface area contributed by atoms with Gasteiger partial charge in [-0.2, -0.15) is 5.10 Å². The monoisotopic (exact) mass is 354 g/mol. The van der Waals surface area contributed by atoms with Gasteiger partial charge < -0.3 is 5.32 Å². The first-order valence-electron chi connectivity index (χ1n) is 8.28. The van der Waals surface area contributed by atoms with Gasteiger partial charge in [0.2, 0.25) is 0 Å². The molecule has 1 aromatic rings. The zero-order valence-corrected chi connectivity index (χ0v) is 15.0. The zero-order chi connectivity index (χ0) is 15.0. The molecule has 1 aromatic heterocycles. The van der Waals surface area contributed by atoms with E-state index in [1.807, 2.05) is 0 Å². The summed E-state index contributed by atoms with van der Waals surface area (Å²) in [5.41, 5.74) is 2.84. The van der Waals surface area contributed by atoms with Gasteiger partial charge in [-0.05, 0) is 55.0 Å². The molecule has 2 aliphatic rings. The second kappa shape index (κ2) is 6.01. The summed E-state index contributed by atoms with van der Waals surface area (Å²) in [5.74, 6) is 0.881. The van der Waals surface area contributed by atoms with Gasteiger partial charge in [0.1, 0.15) is 0 Å². The Kier molecular flexibility index (Phi) is 4.44. The molecule has 3 rings (SSSR count). The molecule has 5 heteroatoms. The van der Waals surface area contributed by atoms with Crippen molar-refractivity contribution in [2.75, 3.05) is 19.6 Å². The van der Waals surface area contributed by atoms with E-state index >= 15 is 0 Å². The first-order valence-corrected chi connectivity index (χ1v) is 9.08. The van der Waals surface area contributed by atoms with Crippen molar-refractivity contribution in [1.29, 1.82) is 0 Å². The van der Waals surface area contributed by atoms with Gasteiger partial charge in [-0.25, -0.2) is 0 Å². The number of aromatic nitrogens is 2. The van der Waals surface area contributed by atoms with E-state index in [1.165, 1.54) is 28.7 Å². The van der Waals surface area contributed by atoms with E-state index < -0.39 is 0 Å². The van der Waals surface area contributed by atoms with Crippen LogP contribution in [0.4, 0.5) is 0 Å². The van der Waals surface area contributed by atoms with E-state index in [2.05, 4.69) is 51.6 Å². The summed E-state index contributed by atoms with van der Waals surface area (Å²) in [4.78, 5) is 2.60. The molecule has 21 heavy (non-hydrogen) atoms. The van der Waals surface area contributed by atoms with Crippen LogP contribution in [0.5, 0.6) is 0 Å². The molecule has 0 aromatic carbocycles. The maximum atomic E-state index is 4.72. The highest BCUT2D eigenvalue weighted by molar-refractivity contribution is 9.10. The van der Waals surface area contributed by atoms with Crippen molar-refractivity contribution in [3.63, 3.8) is 0 Å². The molecule has 0 bridgehead atoms. The fraction of sp³-hybridized carbons (Fsp3) is 0.812. The lowest BCUT2D eigenvalue weighted by atomic mass is 9.93. The third-order valence-corrected chi connectivity index (χ3v) is 5.97. The Morgan fingerprint density at radius 2 is 2.14 bits per heavy atom. The maximum absolute atomic E-state index is 4.72. The van der Waals surface area contributed by atoms with Crippen LogP contribution < -0.4 is 5.32 Å². The molecule has 1 N–H and O–H groups in total. The number of hydrogen-bond donors (Lipinski definition) is 1. The molecule has 1 unspecified atom stereocenters. The van der Waals surface area contributed by atoms with Crippen molar-refractivity contribution in [1.82, 2.24) is 20.0 Å². The van der Waals surface area contributed by atoms with E-state index in [9.17, 15) is 0 Å². The Morgan fingerprint density at radius 3 is 2.76 bits per heavy atom. The third kappa shape index (κ3) is 3.06. The normalized spacial score (nSPS) is 27.2. The number of nitrogens with one attached hydrogen (secondary N) is 1. The summed E-state index contributed by atoms with van der Waals surface area (Å²) in [5, 5.41) is 8.48. The van der Waals surface area contributed by atoms with E-state index in [-0.39, 0.29) is 0 Å². The largest absolute Gasteiger partial charge is 0.309 e. The van der Waals surface area contributed by atoms with Crippen molar-refractivity contribution in [2.24, 2.45) is 5.92 Å². The van der Waals surface area contributed by atoms with E-state index in [0.29, 0.717) is 5.54 Å². The Bertz CT molecular complexity index is 509. The van der Waals surface area contributed by atoms with Crippen LogP contribution >= 0.6 is 15.9 Å². The van der Waals surface area contributed by atoms with Crippen LogP contribution in [0.2, 0.25) is 0 Å². The minimum Gasteiger partial charge on any atom is -0.309 e. The van der Waals surface area contributed by atoms with Crippen molar-refractivity contribution < 1.29 is 0 Å². The zero-order valence-electron chi connectivity index (χ0n) is 13.5. The highest BCUT2D eigenvalue weighted by Gasteiger charge is 2.43. The lowest BCUT2D eigenvalue weighted by Gasteiger charge is -2.42. The van der Waals surface area contributed by atoms with Gasteiger partial charge in [-0.3, -0.25) is 9.58 Å². The number of halogens is 1. The van der Waals surface area contributed by atoms with Gasteiger partial charge in [0.25, 0.3) is 0 Å². The summed E-state index contributed by atoms with van der Waals surface area (Å²) in [7, 11) is 0.